The van der Waals surface area contributed by atoms with Crippen molar-refractivity contribution in [2.45, 2.75) is 32.7 Å². The van der Waals surface area contributed by atoms with Crippen LogP contribution in [0.3, 0.4) is 0 Å². The number of thiophene rings is 1. The highest BCUT2D eigenvalue weighted by molar-refractivity contribution is 7.12. The van der Waals surface area contributed by atoms with Gasteiger partial charge in [-0.1, -0.05) is 13.8 Å². The lowest BCUT2D eigenvalue weighted by molar-refractivity contribution is 0.447. The summed E-state index contributed by atoms with van der Waals surface area (Å²) in [4.78, 5) is 3.15. The van der Waals surface area contributed by atoms with Gasteiger partial charge in [0, 0.05) is 15.8 Å². The molecule has 2 rings (SSSR count). The van der Waals surface area contributed by atoms with Crippen LogP contribution in [-0.2, 0) is 12.8 Å². The summed E-state index contributed by atoms with van der Waals surface area (Å²) in [7, 11) is 2.07. The molecule has 2 heteroatoms. The van der Waals surface area contributed by atoms with Crippen molar-refractivity contribution in [3.63, 3.8) is 0 Å². The van der Waals surface area contributed by atoms with E-state index in [2.05, 4.69) is 32.3 Å². The third kappa shape index (κ3) is 1.42. The molecule has 2 unspecified atom stereocenters. The average molecular weight is 195 g/mol. The second kappa shape index (κ2) is 3.43. The molecule has 1 aromatic heterocycles. The zero-order valence-corrected chi connectivity index (χ0v) is 9.37. The fourth-order valence-electron chi connectivity index (χ4n) is 2.25. The molecule has 0 saturated heterocycles. The fourth-order valence-corrected chi connectivity index (χ4v) is 3.55. The van der Waals surface area contributed by atoms with Crippen molar-refractivity contribution in [2.24, 2.45) is 5.92 Å². The van der Waals surface area contributed by atoms with Crippen LogP contribution in [0.15, 0.2) is 6.07 Å². The maximum atomic E-state index is 3.41. The van der Waals surface area contributed by atoms with Gasteiger partial charge in [-0.25, -0.2) is 0 Å². The Morgan fingerprint density at radius 3 is 3.00 bits per heavy atom. The Balaban J connectivity index is 2.33. The lowest BCUT2D eigenvalue weighted by atomic mass is 10.0. The summed E-state index contributed by atoms with van der Waals surface area (Å²) in [6.07, 6.45) is 2.45. The number of fused-ring (bicyclic) bond motifs is 1. The van der Waals surface area contributed by atoms with Crippen molar-refractivity contribution in [3.8, 4) is 0 Å². The predicted molar refractivity (Wildman–Crippen MR) is 58.4 cm³/mol. The largest absolute Gasteiger partial charge is 0.313 e. The van der Waals surface area contributed by atoms with Crippen LogP contribution >= 0.6 is 11.3 Å². The average Bonchev–Trinajstić information content (AvgIpc) is 2.60. The lowest BCUT2D eigenvalue weighted by Crippen LogP contribution is -2.19. The van der Waals surface area contributed by atoms with E-state index in [-0.39, 0.29) is 0 Å². The molecule has 0 saturated carbocycles. The van der Waals surface area contributed by atoms with Crippen molar-refractivity contribution in [1.29, 1.82) is 0 Å². The maximum absolute atomic E-state index is 3.41. The van der Waals surface area contributed by atoms with Gasteiger partial charge in [0.15, 0.2) is 0 Å². The Kier molecular flexibility index (Phi) is 2.43. The predicted octanol–water partition coefficient (Wildman–Crippen LogP) is 2.76. The summed E-state index contributed by atoms with van der Waals surface area (Å²) in [5, 5.41) is 3.41. The minimum atomic E-state index is 0.603. The van der Waals surface area contributed by atoms with Crippen LogP contribution in [0.1, 0.15) is 35.2 Å². The van der Waals surface area contributed by atoms with Crippen LogP contribution in [0, 0.1) is 5.92 Å². The summed E-state index contributed by atoms with van der Waals surface area (Å²) < 4.78 is 0. The van der Waals surface area contributed by atoms with E-state index in [1.165, 1.54) is 17.7 Å². The Morgan fingerprint density at radius 1 is 1.62 bits per heavy atom. The Labute approximate surface area is 84.2 Å². The SMILES string of the molecule is CCc1cc2c(s1)CC(C)C2NC. The zero-order chi connectivity index (χ0) is 9.42. The Morgan fingerprint density at radius 2 is 2.38 bits per heavy atom. The molecule has 0 fully saturated rings. The summed E-state index contributed by atoms with van der Waals surface area (Å²) in [6.45, 7) is 4.57. The third-order valence-electron chi connectivity index (χ3n) is 2.96. The van der Waals surface area contributed by atoms with Crippen molar-refractivity contribution >= 4 is 11.3 Å². The molecule has 13 heavy (non-hydrogen) atoms. The van der Waals surface area contributed by atoms with Crippen molar-refractivity contribution in [1.82, 2.24) is 5.32 Å². The molecule has 1 heterocycles. The summed E-state index contributed by atoms with van der Waals surface area (Å²) in [6, 6.07) is 3.00. The second-order valence-electron chi connectivity index (χ2n) is 3.89. The summed E-state index contributed by atoms with van der Waals surface area (Å²) in [5.41, 5.74) is 1.57. The highest BCUT2D eigenvalue weighted by atomic mass is 32.1. The van der Waals surface area contributed by atoms with Crippen molar-refractivity contribution in [2.75, 3.05) is 7.05 Å². The normalized spacial score (nSPS) is 26.4. The third-order valence-corrected chi connectivity index (χ3v) is 4.28. The molecule has 1 aromatic rings. The van der Waals surface area contributed by atoms with E-state index >= 15 is 0 Å². The van der Waals surface area contributed by atoms with Gasteiger partial charge in [-0.3, -0.25) is 0 Å². The first-order valence-electron chi connectivity index (χ1n) is 5.05. The summed E-state index contributed by atoms with van der Waals surface area (Å²) in [5.74, 6) is 0.775. The Bertz CT molecular complexity index is 303. The van der Waals surface area contributed by atoms with Crippen LogP contribution in [0.4, 0.5) is 0 Å². The number of nitrogens with one attached hydrogen (secondary N) is 1. The summed E-state index contributed by atoms with van der Waals surface area (Å²) >= 11 is 2.00. The van der Waals surface area contributed by atoms with Crippen LogP contribution in [0.25, 0.3) is 0 Å². The molecule has 0 amide bonds. The Hall–Kier alpha value is -0.340. The van der Waals surface area contributed by atoms with Gasteiger partial charge in [0.05, 0.1) is 0 Å². The zero-order valence-electron chi connectivity index (χ0n) is 8.55. The van der Waals surface area contributed by atoms with Gasteiger partial charge in [0.25, 0.3) is 0 Å². The molecule has 0 bridgehead atoms. The van der Waals surface area contributed by atoms with E-state index in [0.717, 1.165) is 5.92 Å². The number of rotatable bonds is 2. The van der Waals surface area contributed by atoms with E-state index in [4.69, 9.17) is 0 Å². The van der Waals surface area contributed by atoms with Crippen LogP contribution in [0.2, 0.25) is 0 Å². The quantitative estimate of drug-likeness (QED) is 0.765. The van der Waals surface area contributed by atoms with Gasteiger partial charge in [0.2, 0.25) is 0 Å². The number of hydrogen-bond donors (Lipinski definition) is 1. The first-order valence-corrected chi connectivity index (χ1v) is 5.86. The van der Waals surface area contributed by atoms with Gasteiger partial charge in [-0.15, -0.1) is 11.3 Å². The van der Waals surface area contributed by atoms with E-state index in [1.807, 2.05) is 11.3 Å². The first kappa shape index (κ1) is 9.22. The van der Waals surface area contributed by atoms with Crippen LogP contribution in [-0.4, -0.2) is 7.05 Å². The molecule has 0 aliphatic heterocycles. The van der Waals surface area contributed by atoms with Gasteiger partial charge in [-0.2, -0.15) is 0 Å². The smallest absolute Gasteiger partial charge is 0.0358 e. The van der Waals surface area contributed by atoms with Gasteiger partial charge in [-0.05, 0) is 37.4 Å². The van der Waals surface area contributed by atoms with E-state index in [9.17, 15) is 0 Å². The highest BCUT2D eigenvalue weighted by Crippen LogP contribution is 2.40. The van der Waals surface area contributed by atoms with Gasteiger partial charge in [0.1, 0.15) is 0 Å². The first-order chi connectivity index (χ1) is 6.26. The monoisotopic (exact) mass is 195 g/mol. The molecule has 2 atom stereocenters. The molecule has 0 spiro atoms. The molecular formula is C11H17NS. The van der Waals surface area contributed by atoms with Gasteiger partial charge < -0.3 is 5.32 Å². The van der Waals surface area contributed by atoms with Crippen LogP contribution < -0.4 is 5.32 Å². The standard InChI is InChI=1S/C11H17NS/c1-4-8-6-9-10(13-8)5-7(2)11(9)12-3/h6-7,11-12H,4-5H2,1-3H3. The van der Waals surface area contributed by atoms with Crippen molar-refractivity contribution in [3.05, 3.63) is 21.4 Å². The molecule has 1 aliphatic rings. The lowest BCUT2D eigenvalue weighted by Gasteiger charge is -2.14. The molecule has 0 radical (unpaired) electrons. The minimum Gasteiger partial charge on any atom is -0.313 e. The van der Waals surface area contributed by atoms with E-state index < -0.39 is 0 Å². The molecular weight excluding hydrogens is 178 g/mol. The van der Waals surface area contributed by atoms with E-state index in [1.54, 1.807) is 10.4 Å². The highest BCUT2D eigenvalue weighted by Gasteiger charge is 2.29. The van der Waals surface area contributed by atoms with E-state index in [0.29, 0.717) is 6.04 Å². The molecule has 72 valence electrons. The number of aryl methyl sites for hydroxylation is 1. The fraction of sp³-hybridized carbons (Fsp3) is 0.636. The second-order valence-corrected chi connectivity index (χ2v) is 5.11. The molecule has 1 N–H and O–H groups in total. The molecule has 1 nitrogen and oxygen atoms in total. The topological polar surface area (TPSA) is 12.0 Å². The molecule has 0 aromatic carbocycles. The van der Waals surface area contributed by atoms with Crippen LogP contribution in [0.5, 0.6) is 0 Å². The number of hydrogen-bond acceptors (Lipinski definition) is 2. The van der Waals surface area contributed by atoms with Gasteiger partial charge >= 0.3 is 0 Å². The maximum Gasteiger partial charge on any atom is 0.0358 e. The molecule has 1 aliphatic carbocycles. The minimum absolute atomic E-state index is 0.603. The van der Waals surface area contributed by atoms with Crippen molar-refractivity contribution < 1.29 is 0 Å².